The minimum atomic E-state index is -3.67. The number of carbonyl (C=O) groups excluding carboxylic acids is 1. The summed E-state index contributed by atoms with van der Waals surface area (Å²) in [4.78, 5) is 16.4. The van der Waals surface area contributed by atoms with Crippen molar-refractivity contribution in [2.24, 2.45) is 0 Å². The van der Waals surface area contributed by atoms with E-state index in [1.807, 2.05) is 4.90 Å². The molecule has 0 saturated carbocycles. The summed E-state index contributed by atoms with van der Waals surface area (Å²) >= 11 is 0. The Morgan fingerprint density at radius 2 is 1.53 bits per heavy atom. The fraction of sp³-hybridized carbons (Fsp3) is 0.240. The van der Waals surface area contributed by atoms with Gasteiger partial charge in [-0.15, -0.1) is 0 Å². The number of amides is 1. The third kappa shape index (κ3) is 5.14. The summed E-state index contributed by atoms with van der Waals surface area (Å²) in [5.74, 6) is 0.0462. The highest BCUT2D eigenvalue weighted by Gasteiger charge is 2.23. The topological polar surface area (TPSA) is 70.2 Å². The van der Waals surface area contributed by atoms with Crippen LogP contribution in [-0.4, -0.2) is 59.1 Å². The zero-order valence-electron chi connectivity index (χ0n) is 18.8. The van der Waals surface area contributed by atoms with E-state index in [-0.39, 0.29) is 23.2 Å². The molecule has 0 N–H and O–H groups in total. The number of hydrogen-bond acceptors (Lipinski definition) is 5. The maximum Gasteiger partial charge on any atom is 0.264 e. The van der Waals surface area contributed by atoms with Crippen LogP contribution in [0.5, 0.6) is 5.75 Å². The zero-order chi connectivity index (χ0) is 24.1. The Morgan fingerprint density at radius 3 is 2.18 bits per heavy atom. The van der Waals surface area contributed by atoms with Gasteiger partial charge in [0, 0.05) is 33.2 Å². The van der Waals surface area contributed by atoms with Gasteiger partial charge in [0.25, 0.3) is 15.9 Å². The van der Waals surface area contributed by atoms with E-state index in [1.165, 1.54) is 17.4 Å². The largest absolute Gasteiger partial charge is 0.484 e. The average molecular weight is 484 g/mol. The number of benzene rings is 3. The highest BCUT2D eigenvalue weighted by atomic mass is 32.2. The summed E-state index contributed by atoms with van der Waals surface area (Å²) < 4.78 is 46.3. The number of hydrogen-bond donors (Lipinski definition) is 0. The molecular weight excluding hydrogens is 457 g/mol. The first kappa shape index (κ1) is 23.6. The molecule has 1 aliphatic rings. The molecule has 0 unspecified atom stereocenters. The Kier molecular flexibility index (Phi) is 7.02. The standard InChI is InChI=1S/C25H26FN3O4S/c1-27(34(31,32)22-7-3-2-4-8-22)20-11-13-21(14-12-20)33-19-25(30)29-17-15-28(16-18-29)24-10-6-5-9-23(24)26/h2-14H,15-19H2,1H3. The second-order valence-electron chi connectivity index (χ2n) is 7.89. The van der Waals surface area contributed by atoms with Crippen molar-refractivity contribution in [2.75, 3.05) is 49.0 Å². The lowest BCUT2D eigenvalue weighted by Gasteiger charge is -2.36. The van der Waals surface area contributed by atoms with Gasteiger partial charge in [-0.2, -0.15) is 0 Å². The Balaban J connectivity index is 1.30. The molecular formula is C25H26FN3O4S. The second kappa shape index (κ2) is 10.1. The Bertz CT molecular complexity index is 1230. The molecule has 0 aliphatic carbocycles. The number of piperazine rings is 1. The molecule has 7 nitrogen and oxygen atoms in total. The lowest BCUT2D eigenvalue weighted by molar-refractivity contribution is -0.133. The van der Waals surface area contributed by atoms with Crippen LogP contribution in [0.2, 0.25) is 0 Å². The monoisotopic (exact) mass is 483 g/mol. The van der Waals surface area contributed by atoms with E-state index in [4.69, 9.17) is 4.74 Å². The average Bonchev–Trinajstić information content (AvgIpc) is 2.88. The van der Waals surface area contributed by atoms with Crippen LogP contribution in [0.3, 0.4) is 0 Å². The third-order valence-electron chi connectivity index (χ3n) is 5.79. The molecule has 1 amide bonds. The number of anilines is 2. The van der Waals surface area contributed by atoms with Gasteiger partial charge in [-0.25, -0.2) is 12.8 Å². The summed E-state index contributed by atoms with van der Waals surface area (Å²) in [6.45, 7) is 1.93. The van der Waals surface area contributed by atoms with E-state index in [9.17, 15) is 17.6 Å². The predicted molar refractivity (Wildman–Crippen MR) is 129 cm³/mol. The molecule has 1 heterocycles. The molecule has 3 aromatic carbocycles. The first-order chi connectivity index (χ1) is 16.4. The number of halogens is 1. The molecule has 178 valence electrons. The number of rotatable bonds is 7. The van der Waals surface area contributed by atoms with Gasteiger partial charge in [0.2, 0.25) is 0 Å². The Labute approximate surface area is 199 Å². The molecule has 3 aromatic rings. The molecule has 0 bridgehead atoms. The number of nitrogens with zero attached hydrogens (tertiary/aromatic N) is 3. The number of sulfonamides is 1. The van der Waals surface area contributed by atoms with Crippen LogP contribution in [0.25, 0.3) is 0 Å². The highest BCUT2D eigenvalue weighted by molar-refractivity contribution is 7.92. The van der Waals surface area contributed by atoms with Gasteiger partial charge in [0.05, 0.1) is 16.3 Å². The summed E-state index contributed by atoms with van der Waals surface area (Å²) in [5, 5.41) is 0. The summed E-state index contributed by atoms with van der Waals surface area (Å²) in [6.07, 6.45) is 0. The van der Waals surface area contributed by atoms with Gasteiger partial charge >= 0.3 is 0 Å². The molecule has 0 radical (unpaired) electrons. The fourth-order valence-electron chi connectivity index (χ4n) is 3.78. The number of para-hydroxylation sites is 1. The predicted octanol–water partition coefficient (Wildman–Crippen LogP) is 3.38. The minimum absolute atomic E-state index is 0.128. The quantitative estimate of drug-likeness (QED) is 0.515. The Morgan fingerprint density at radius 1 is 0.912 bits per heavy atom. The maximum atomic E-state index is 14.0. The van der Waals surface area contributed by atoms with E-state index in [1.54, 1.807) is 77.7 Å². The minimum Gasteiger partial charge on any atom is -0.484 e. The van der Waals surface area contributed by atoms with Gasteiger partial charge in [-0.3, -0.25) is 9.10 Å². The third-order valence-corrected chi connectivity index (χ3v) is 7.59. The molecule has 0 aromatic heterocycles. The van der Waals surface area contributed by atoms with Crippen LogP contribution in [0, 0.1) is 5.82 Å². The summed E-state index contributed by atoms with van der Waals surface area (Å²) in [7, 11) is -2.18. The van der Waals surface area contributed by atoms with Crippen molar-refractivity contribution in [3.63, 3.8) is 0 Å². The van der Waals surface area contributed by atoms with Crippen molar-refractivity contribution in [2.45, 2.75) is 4.90 Å². The molecule has 0 atom stereocenters. The number of ether oxygens (including phenoxy) is 1. The number of carbonyl (C=O) groups is 1. The molecule has 4 rings (SSSR count). The fourth-order valence-corrected chi connectivity index (χ4v) is 5.00. The molecule has 34 heavy (non-hydrogen) atoms. The van der Waals surface area contributed by atoms with Crippen molar-refractivity contribution in [3.8, 4) is 5.75 Å². The normalized spacial score (nSPS) is 14.1. The van der Waals surface area contributed by atoms with Crippen LogP contribution >= 0.6 is 0 Å². The van der Waals surface area contributed by atoms with Gasteiger partial charge in [0.1, 0.15) is 11.6 Å². The lowest BCUT2D eigenvalue weighted by atomic mass is 10.2. The summed E-state index contributed by atoms with van der Waals surface area (Å²) in [5.41, 5.74) is 1.02. The van der Waals surface area contributed by atoms with E-state index in [0.29, 0.717) is 43.3 Å². The van der Waals surface area contributed by atoms with Crippen LogP contribution in [0.4, 0.5) is 15.8 Å². The second-order valence-corrected chi connectivity index (χ2v) is 9.86. The first-order valence-electron chi connectivity index (χ1n) is 10.9. The maximum absolute atomic E-state index is 14.0. The van der Waals surface area contributed by atoms with Crippen LogP contribution in [0.15, 0.2) is 83.8 Å². The summed E-state index contributed by atoms with van der Waals surface area (Å²) in [6, 6.07) is 21.4. The Hall–Kier alpha value is -3.59. The van der Waals surface area contributed by atoms with Crippen molar-refractivity contribution in [1.82, 2.24) is 4.90 Å². The van der Waals surface area contributed by atoms with Crippen molar-refractivity contribution in [1.29, 1.82) is 0 Å². The molecule has 1 fully saturated rings. The highest BCUT2D eigenvalue weighted by Crippen LogP contribution is 2.24. The van der Waals surface area contributed by atoms with Crippen LogP contribution < -0.4 is 13.9 Å². The van der Waals surface area contributed by atoms with Crippen LogP contribution in [0.1, 0.15) is 0 Å². The van der Waals surface area contributed by atoms with E-state index >= 15 is 0 Å². The molecule has 0 spiro atoms. The van der Waals surface area contributed by atoms with Gasteiger partial charge in [0.15, 0.2) is 6.61 Å². The lowest BCUT2D eigenvalue weighted by Crippen LogP contribution is -2.50. The zero-order valence-corrected chi connectivity index (χ0v) is 19.6. The van der Waals surface area contributed by atoms with Gasteiger partial charge < -0.3 is 14.5 Å². The molecule has 9 heteroatoms. The van der Waals surface area contributed by atoms with E-state index in [0.717, 1.165) is 0 Å². The van der Waals surface area contributed by atoms with Crippen molar-refractivity contribution >= 4 is 27.3 Å². The van der Waals surface area contributed by atoms with Crippen molar-refractivity contribution < 1.29 is 22.3 Å². The van der Waals surface area contributed by atoms with Gasteiger partial charge in [-0.05, 0) is 48.5 Å². The van der Waals surface area contributed by atoms with Crippen molar-refractivity contribution in [3.05, 3.63) is 84.7 Å². The van der Waals surface area contributed by atoms with Gasteiger partial charge in [-0.1, -0.05) is 30.3 Å². The van der Waals surface area contributed by atoms with E-state index in [2.05, 4.69) is 0 Å². The molecule has 1 saturated heterocycles. The smallest absolute Gasteiger partial charge is 0.264 e. The van der Waals surface area contributed by atoms with E-state index < -0.39 is 10.0 Å². The SMILES string of the molecule is CN(c1ccc(OCC(=O)N2CCN(c3ccccc3F)CC2)cc1)S(=O)(=O)c1ccccc1. The molecule has 1 aliphatic heterocycles. The first-order valence-corrected chi connectivity index (χ1v) is 12.3. The van der Waals surface area contributed by atoms with Crippen LogP contribution in [-0.2, 0) is 14.8 Å².